The Kier molecular flexibility index (Phi) is 7.27. The molecule has 1 heterocycles. The van der Waals surface area contributed by atoms with Gasteiger partial charge in [-0.05, 0) is 117 Å². The van der Waals surface area contributed by atoms with E-state index in [4.69, 9.17) is 4.18 Å². The average molecular weight is 655 g/mol. The van der Waals surface area contributed by atoms with Gasteiger partial charge in [0.25, 0.3) is 5.91 Å². The van der Waals surface area contributed by atoms with Crippen LogP contribution in [0.15, 0.2) is 86.0 Å². The van der Waals surface area contributed by atoms with Crippen molar-refractivity contribution in [3.05, 3.63) is 90.8 Å². The summed E-state index contributed by atoms with van der Waals surface area (Å²) in [5.41, 5.74) is 2.40. The summed E-state index contributed by atoms with van der Waals surface area (Å²) in [5, 5.41) is 3.25. The molecule has 0 aromatic heterocycles. The highest BCUT2D eigenvalue weighted by Crippen LogP contribution is 2.32. The van der Waals surface area contributed by atoms with E-state index in [0.717, 1.165) is 14.8 Å². The molecule has 168 valence electrons. The van der Waals surface area contributed by atoms with Gasteiger partial charge in [-0.15, -0.1) is 0 Å². The molecule has 10 heteroatoms. The van der Waals surface area contributed by atoms with Crippen LogP contribution in [0.3, 0.4) is 0 Å². The summed E-state index contributed by atoms with van der Waals surface area (Å²) in [7, 11) is -3.97. The molecule has 0 radical (unpaired) electrons. The lowest BCUT2D eigenvalue weighted by Crippen LogP contribution is -2.19. The average Bonchev–Trinajstić information content (AvgIpc) is 3.10. The van der Waals surface area contributed by atoms with Crippen LogP contribution >= 0.6 is 50.3 Å². The Morgan fingerprint density at radius 3 is 2.42 bits per heavy atom. The van der Waals surface area contributed by atoms with Crippen molar-refractivity contribution in [3.8, 4) is 5.75 Å². The van der Waals surface area contributed by atoms with Crippen molar-refractivity contribution in [3.63, 3.8) is 0 Å². The van der Waals surface area contributed by atoms with Crippen LogP contribution in [0, 0.1) is 10.5 Å². The minimum atomic E-state index is -3.97. The van der Waals surface area contributed by atoms with E-state index in [9.17, 15) is 13.2 Å². The van der Waals surface area contributed by atoms with Gasteiger partial charge in [0, 0.05) is 3.57 Å². The molecule has 1 saturated heterocycles. The lowest BCUT2D eigenvalue weighted by molar-refractivity contribution is -0.115. The number of benzene rings is 3. The highest BCUT2D eigenvalue weighted by atomic mass is 127. The van der Waals surface area contributed by atoms with Crippen molar-refractivity contribution < 1.29 is 17.4 Å². The van der Waals surface area contributed by atoms with Crippen LogP contribution in [0.25, 0.3) is 6.08 Å². The number of aliphatic imine (C=N–C) groups is 1. The molecule has 3 aromatic rings. The Bertz CT molecular complexity index is 1390. The zero-order chi connectivity index (χ0) is 23.6. The highest BCUT2D eigenvalue weighted by molar-refractivity contribution is 14.1. The summed E-state index contributed by atoms with van der Waals surface area (Å²) in [6, 6.07) is 19.0. The number of amides is 1. The zero-order valence-corrected chi connectivity index (χ0v) is 22.5. The molecular weight excluding hydrogens is 639 g/mol. The number of halogens is 2. The van der Waals surface area contributed by atoms with Gasteiger partial charge in [-0.2, -0.15) is 8.42 Å². The summed E-state index contributed by atoms with van der Waals surface area (Å²) < 4.78 is 31.9. The summed E-state index contributed by atoms with van der Waals surface area (Å²) in [6.45, 7) is 1.88. The molecule has 0 aliphatic carbocycles. The third-order valence-electron chi connectivity index (χ3n) is 4.47. The maximum Gasteiger partial charge on any atom is 0.339 e. The maximum absolute atomic E-state index is 12.6. The summed E-state index contributed by atoms with van der Waals surface area (Å²) in [5.74, 6) is -0.0927. The molecule has 1 amide bonds. The van der Waals surface area contributed by atoms with Gasteiger partial charge in [0.2, 0.25) is 0 Å². The lowest BCUT2D eigenvalue weighted by Gasteiger charge is -2.09. The number of nitrogens with zero attached hydrogens (tertiary/aromatic N) is 1. The quantitative estimate of drug-likeness (QED) is 0.207. The molecule has 3 aromatic carbocycles. The Labute approximate surface area is 217 Å². The highest BCUT2D eigenvalue weighted by Gasteiger charge is 2.24. The van der Waals surface area contributed by atoms with Gasteiger partial charge in [-0.1, -0.05) is 23.8 Å². The minimum absolute atomic E-state index is 0.0742. The Morgan fingerprint density at radius 1 is 1.06 bits per heavy atom. The fourth-order valence-corrected chi connectivity index (χ4v) is 5.54. The first-order valence-corrected chi connectivity index (χ1v) is 13.7. The fourth-order valence-electron chi connectivity index (χ4n) is 2.81. The second kappa shape index (κ2) is 10.00. The van der Waals surface area contributed by atoms with Crippen LogP contribution in [-0.2, 0) is 14.9 Å². The predicted octanol–water partition coefficient (Wildman–Crippen LogP) is 6.02. The van der Waals surface area contributed by atoms with E-state index in [1.807, 2.05) is 31.2 Å². The topological polar surface area (TPSA) is 84.8 Å². The monoisotopic (exact) mass is 654 g/mol. The van der Waals surface area contributed by atoms with Crippen molar-refractivity contribution in [1.82, 2.24) is 5.32 Å². The van der Waals surface area contributed by atoms with Gasteiger partial charge in [0.05, 0.1) is 15.1 Å². The van der Waals surface area contributed by atoms with Crippen molar-refractivity contribution in [2.45, 2.75) is 11.8 Å². The molecule has 0 saturated carbocycles. The van der Waals surface area contributed by atoms with Crippen molar-refractivity contribution in [2.24, 2.45) is 4.99 Å². The van der Waals surface area contributed by atoms with Crippen molar-refractivity contribution in [1.29, 1.82) is 0 Å². The minimum Gasteiger partial charge on any atom is -0.378 e. The van der Waals surface area contributed by atoms with E-state index in [0.29, 0.717) is 20.1 Å². The molecule has 0 spiro atoms. The molecule has 1 fully saturated rings. The van der Waals surface area contributed by atoms with Crippen LogP contribution in [-0.4, -0.2) is 19.5 Å². The molecule has 0 unspecified atom stereocenters. The van der Waals surface area contributed by atoms with Crippen LogP contribution in [0.5, 0.6) is 5.75 Å². The third-order valence-corrected chi connectivity index (χ3v) is 7.97. The Hall–Kier alpha value is -2.15. The standard InChI is InChI=1S/C23H16BrIN2O4S2/c1-14-2-9-18(10-3-14)33(29,30)31-20-11-4-15(12-19(20)24)13-21-22(28)27-23(32-21)26-17-7-5-16(25)6-8-17/h2-13H,1H3,(H,26,27,28)/b21-13+. The van der Waals surface area contributed by atoms with E-state index in [1.54, 1.807) is 36.4 Å². The number of rotatable bonds is 5. The number of carbonyl (C=O) groups excluding carboxylic acids is 1. The van der Waals surface area contributed by atoms with Gasteiger partial charge < -0.3 is 9.50 Å². The van der Waals surface area contributed by atoms with Crippen LogP contribution in [0.1, 0.15) is 11.1 Å². The largest absolute Gasteiger partial charge is 0.378 e. The molecule has 1 aliphatic rings. The van der Waals surface area contributed by atoms with Crippen LogP contribution in [0.4, 0.5) is 5.69 Å². The second-order valence-electron chi connectivity index (χ2n) is 7.00. The van der Waals surface area contributed by atoms with Crippen molar-refractivity contribution in [2.75, 3.05) is 0 Å². The van der Waals surface area contributed by atoms with E-state index in [2.05, 4.69) is 48.8 Å². The van der Waals surface area contributed by atoms with E-state index in [1.165, 1.54) is 23.9 Å². The number of aryl methyl sites for hydroxylation is 1. The van der Waals surface area contributed by atoms with Gasteiger partial charge in [0.1, 0.15) is 4.90 Å². The van der Waals surface area contributed by atoms with Gasteiger partial charge in [-0.25, -0.2) is 4.99 Å². The zero-order valence-electron chi connectivity index (χ0n) is 17.1. The molecule has 33 heavy (non-hydrogen) atoms. The summed E-state index contributed by atoms with van der Waals surface area (Å²) in [4.78, 5) is 17.4. The first kappa shape index (κ1) is 24.0. The van der Waals surface area contributed by atoms with Gasteiger partial charge >= 0.3 is 10.1 Å². The molecule has 0 atom stereocenters. The number of nitrogens with one attached hydrogen (secondary N) is 1. The van der Waals surface area contributed by atoms with E-state index in [-0.39, 0.29) is 16.6 Å². The smallest absolute Gasteiger partial charge is 0.339 e. The van der Waals surface area contributed by atoms with E-state index >= 15 is 0 Å². The molecule has 6 nitrogen and oxygen atoms in total. The number of amidine groups is 1. The van der Waals surface area contributed by atoms with Crippen LogP contribution in [0.2, 0.25) is 0 Å². The molecule has 4 rings (SSSR count). The number of hydrogen-bond donors (Lipinski definition) is 1. The first-order chi connectivity index (χ1) is 15.7. The SMILES string of the molecule is Cc1ccc(S(=O)(=O)Oc2ccc(/C=C3/SC(=Nc4ccc(I)cc4)NC3=O)cc2Br)cc1. The van der Waals surface area contributed by atoms with Gasteiger partial charge in [-0.3, -0.25) is 4.79 Å². The summed E-state index contributed by atoms with van der Waals surface area (Å²) >= 11 is 6.81. The maximum atomic E-state index is 12.6. The molecule has 0 bridgehead atoms. The Morgan fingerprint density at radius 2 is 1.76 bits per heavy atom. The predicted molar refractivity (Wildman–Crippen MR) is 143 cm³/mol. The van der Waals surface area contributed by atoms with Crippen molar-refractivity contribution >= 4 is 83.2 Å². The lowest BCUT2D eigenvalue weighted by atomic mass is 10.2. The Balaban J connectivity index is 1.51. The number of thioether (sulfide) groups is 1. The molecule has 1 aliphatic heterocycles. The number of carbonyl (C=O) groups is 1. The first-order valence-electron chi connectivity index (χ1n) is 9.55. The number of hydrogen-bond acceptors (Lipinski definition) is 6. The fraction of sp³-hybridized carbons (Fsp3) is 0.0435. The second-order valence-corrected chi connectivity index (χ2v) is 11.7. The normalized spacial score (nSPS) is 16.3. The van der Waals surface area contributed by atoms with Gasteiger partial charge in [0.15, 0.2) is 10.9 Å². The van der Waals surface area contributed by atoms with Crippen LogP contribution < -0.4 is 9.50 Å². The molecule has 1 N–H and O–H groups in total. The summed E-state index contributed by atoms with van der Waals surface area (Å²) in [6.07, 6.45) is 1.71. The van der Waals surface area contributed by atoms with E-state index < -0.39 is 10.1 Å². The molecular formula is C23H16BrIN2O4S2. The third kappa shape index (κ3) is 6.05.